The third-order valence-electron chi connectivity index (χ3n) is 4.10. The first-order chi connectivity index (χ1) is 11.4. The zero-order chi connectivity index (χ0) is 17.3. The molecule has 1 N–H and O–H groups in total. The minimum Gasteiger partial charge on any atom is -0.493 e. The highest BCUT2D eigenvalue weighted by molar-refractivity contribution is 7.89. The van der Waals surface area contributed by atoms with Crippen molar-refractivity contribution in [2.24, 2.45) is 0 Å². The number of fused-ring (bicyclic) bond motifs is 1. The van der Waals surface area contributed by atoms with E-state index in [4.69, 9.17) is 4.74 Å². The largest absolute Gasteiger partial charge is 0.493 e. The van der Waals surface area contributed by atoms with Crippen molar-refractivity contribution in [3.05, 3.63) is 36.4 Å². The number of carbonyl (C=O) groups excluding carboxylic acids is 1. The highest BCUT2D eigenvalue weighted by Gasteiger charge is 2.31. The number of amides is 1. The summed E-state index contributed by atoms with van der Waals surface area (Å²) in [5, 5.41) is 1.36. The van der Waals surface area contributed by atoms with Gasteiger partial charge in [-0.15, -0.1) is 0 Å². The molecule has 128 valence electrons. The maximum absolute atomic E-state index is 12.8. The maximum atomic E-state index is 12.8. The zero-order valence-electron chi connectivity index (χ0n) is 13.7. The van der Waals surface area contributed by atoms with Crippen LogP contribution < -0.4 is 9.46 Å². The van der Waals surface area contributed by atoms with E-state index in [0.717, 1.165) is 5.39 Å². The molecule has 0 aliphatic carbocycles. The number of benzene rings is 2. The molecule has 1 amide bonds. The Morgan fingerprint density at radius 2 is 1.92 bits per heavy atom. The number of nitrogens with zero attached hydrogens (tertiary/aromatic N) is 1. The summed E-state index contributed by atoms with van der Waals surface area (Å²) in [6, 6.07) is 10.1. The summed E-state index contributed by atoms with van der Waals surface area (Å²) in [7, 11) is -2.06. The van der Waals surface area contributed by atoms with Crippen LogP contribution in [-0.4, -0.2) is 45.5 Å². The van der Waals surface area contributed by atoms with Crippen LogP contribution in [0, 0.1) is 0 Å². The monoisotopic (exact) mass is 348 g/mol. The molecule has 1 aliphatic rings. The van der Waals surface area contributed by atoms with E-state index >= 15 is 0 Å². The van der Waals surface area contributed by atoms with Crippen molar-refractivity contribution in [2.75, 3.05) is 20.2 Å². The molecule has 7 heteroatoms. The molecule has 0 radical (unpaired) electrons. The predicted octanol–water partition coefficient (Wildman–Crippen LogP) is 1.75. The number of hydrogen-bond acceptors (Lipinski definition) is 4. The van der Waals surface area contributed by atoms with Crippen molar-refractivity contribution in [3.63, 3.8) is 0 Å². The van der Waals surface area contributed by atoms with E-state index in [2.05, 4.69) is 4.72 Å². The summed E-state index contributed by atoms with van der Waals surface area (Å²) in [6.07, 6.45) is 0.185. The smallest absolute Gasteiger partial charge is 0.241 e. The van der Waals surface area contributed by atoms with Gasteiger partial charge >= 0.3 is 0 Å². The molecule has 0 aromatic heterocycles. The molecule has 2 aromatic rings. The number of likely N-dealkylation sites (tertiary alicyclic amines) is 1. The van der Waals surface area contributed by atoms with Crippen LogP contribution in [0.5, 0.6) is 5.75 Å². The lowest BCUT2D eigenvalue weighted by Crippen LogP contribution is -2.36. The van der Waals surface area contributed by atoms with E-state index in [1.54, 1.807) is 31.3 Å². The first-order valence-electron chi connectivity index (χ1n) is 7.83. The minimum absolute atomic E-state index is 0.0562. The number of nitrogens with one attached hydrogen (secondary N) is 1. The van der Waals surface area contributed by atoms with Crippen LogP contribution in [0.1, 0.15) is 13.3 Å². The fraction of sp³-hybridized carbons (Fsp3) is 0.353. The normalized spacial score (nSPS) is 18.3. The van der Waals surface area contributed by atoms with Crippen molar-refractivity contribution in [3.8, 4) is 5.75 Å². The third-order valence-corrected chi connectivity index (χ3v) is 5.67. The van der Waals surface area contributed by atoms with E-state index in [0.29, 0.717) is 24.3 Å². The van der Waals surface area contributed by atoms with Gasteiger partial charge in [-0.05, 0) is 19.1 Å². The fourth-order valence-corrected chi connectivity index (χ4v) is 4.42. The third kappa shape index (κ3) is 3.09. The number of likely N-dealkylation sites (N-methyl/N-ethyl adjacent to an activating group) is 1. The Kier molecular flexibility index (Phi) is 4.47. The summed E-state index contributed by atoms with van der Waals surface area (Å²) < 4.78 is 33.8. The van der Waals surface area contributed by atoms with Gasteiger partial charge in [0.05, 0.1) is 11.5 Å². The lowest BCUT2D eigenvalue weighted by atomic mass is 10.1. The van der Waals surface area contributed by atoms with Gasteiger partial charge in [-0.3, -0.25) is 4.79 Å². The van der Waals surface area contributed by atoms with Crippen molar-refractivity contribution in [2.45, 2.75) is 24.3 Å². The van der Waals surface area contributed by atoms with Crippen molar-refractivity contribution >= 4 is 26.7 Å². The van der Waals surface area contributed by atoms with Gasteiger partial charge in [0.1, 0.15) is 5.75 Å². The number of hydrogen-bond donors (Lipinski definition) is 1. The Hall–Kier alpha value is -2.12. The highest BCUT2D eigenvalue weighted by atomic mass is 32.2. The van der Waals surface area contributed by atoms with E-state index in [1.807, 2.05) is 19.1 Å². The standard InChI is InChI=1S/C17H20N2O4S/c1-3-23-15-8-9-16(14-7-5-4-6-13(14)15)24(21,22)18-12-10-17(20)19(2)11-12/h4-9,12,18H,3,10-11H2,1-2H3/t12-/m0/s1. The number of rotatable bonds is 5. The molecule has 0 spiro atoms. The maximum Gasteiger partial charge on any atom is 0.241 e. The molecular formula is C17H20N2O4S. The molecular weight excluding hydrogens is 328 g/mol. The van der Waals surface area contributed by atoms with E-state index < -0.39 is 16.1 Å². The van der Waals surface area contributed by atoms with Gasteiger partial charge in [0, 0.05) is 36.8 Å². The average Bonchev–Trinajstić information content (AvgIpc) is 2.84. The second-order valence-electron chi connectivity index (χ2n) is 5.84. The average molecular weight is 348 g/mol. The molecule has 6 nitrogen and oxygen atoms in total. The molecule has 0 unspecified atom stereocenters. The summed E-state index contributed by atoms with van der Waals surface area (Å²) in [6.45, 7) is 2.77. The minimum atomic E-state index is -3.73. The Morgan fingerprint density at radius 1 is 1.21 bits per heavy atom. The number of sulfonamides is 1. The zero-order valence-corrected chi connectivity index (χ0v) is 14.5. The van der Waals surface area contributed by atoms with Gasteiger partial charge in [-0.25, -0.2) is 13.1 Å². The Labute approximate surface area is 141 Å². The van der Waals surface area contributed by atoms with Crippen LogP contribution in [0.2, 0.25) is 0 Å². The predicted molar refractivity (Wildman–Crippen MR) is 91.5 cm³/mol. The lowest BCUT2D eigenvalue weighted by Gasteiger charge is -2.15. The van der Waals surface area contributed by atoms with Gasteiger partial charge in [0.25, 0.3) is 0 Å². The first-order valence-corrected chi connectivity index (χ1v) is 9.31. The molecule has 1 fully saturated rings. The van der Waals surface area contributed by atoms with Gasteiger partial charge < -0.3 is 9.64 Å². The molecule has 1 aliphatic heterocycles. The van der Waals surface area contributed by atoms with Crippen LogP contribution in [0.3, 0.4) is 0 Å². The van der Waals surface area contributed by atoms with Crippen LogP contribution in [0.15, 0.2) is 41.3 Å². The summed E-state index contributed by atoms with van der Waals surface area (Å²) in [5.74, 6) is 0.599. The molecule has 1 atom stereocenters. The van der Waals surface area contributed by atoms with Crippen LogP contribution in [-0.2, 0) is 14.8 Å². The van der Waals surface area contributed by atoms with Gasteiger partial charge in [-0.2, -0.15) is 0 Å². The summed E-state index contributed by atoms with van der Waals surface area (Å²) in [5.41, 5.74) is 0. The van der Waals surface area contributed by atoms with Crippen molar-refractivity contribution in [1.29, 1.82) is 0 Å². The van der Waals surface area contributed by atoms with Crippen molar-refractivity contribution < 1.29 is 17.9 Å². The Balaban J connectivity index is 1.99. The van der Waals surface area contributed by atoms with Crippen LogP contribution in [0.25, 0.3) is 10.8 Å². The van der Waals surface area contributed by atoms with E-state index in [9.17, 15) is 13.2 Å². The molecule has 24 heavy (non-hydrogen) atoms. The quantitative estimate of drug-likeness (QED) is 0.893. The molecule has 1 heterocycles. The lowest BCUT2D eigenvalue weighted by molar-refractivity contribution is -0.126. The summed E-state index contributed by atoms with van der Waals surface area (Å²) in [4.78, 5) is 13.3. The second kappa shape index (κ2) is 6.41. The Bertz CT molecular complexity index is 879. The molecule has 3 rings (SSSR count). The van der Waals surface area contributed by atoms with Crippen LogP contribution >= 0.6 is 0 Å². The topological polar surface area (TPSA) is 75.7 Å². The molecule has 0 bridgehead atoms. The summed E-state index contributed by atoms with van der Waals surface area (Å²) >= 11 is 0. The molecule has 1 saturated heterocycles. The fourth-order valence-electron chi connectivity index (χ4n) is 2.98. The number of carbonyl (C=O) groups is 1. The SMILES string of the molecule is CCOc1ccc(S(=O)(=O)N[C@H]2CC(=O)N(C)C2)c2ccccc12. The number of ether oxygens (including phenoxy) is 1. The van der Waals surface area contributed by atoms with Gasteiger partial charge in [0.2, 0.25) is 15.9 Å². The highest BCUT2D eigenvalue weighted by Crippen LogP contribution is 2.31. The van der Waals surface area contributed by atoms with E-state index in [-0.39, 0.29) is 17.2 Å². The van der Waals surface area contributed by atoms with Crippen molar-refractivity contribution in [1.82, 2.24) is 9.62 Å². The Morgan fingerprint density at radius 3 is 2.54 bits per heavy atom. The van der Waals surface area contributed by atoms with Gasteiger partial charge in [-0.1, -0.05) is 24.3 Å². The van der Waals surface area contributed by atoms with Crippen LogP contribution in [0.4, 0.5) is 0 Å². The van der Waals surface area contributed by atoms with Gasteiger partial charge in [0.15, 0.2) is 0 Å². The second-order valence-corrected chi connectivity index (χ2v) is 7.52. The molecule has 2 aromatic carbocycles. The van der Waals surface area contributed by atoms with E-state index in [1.165, 1.54) is 4.90 Å². The first kappa shape index (κ1) is 16.7. The molecule has 0 saturated carbocycles.